The fraction of sp³-hybridized carbons (Fsp3) is 0.312. The Kier molecular flexibility index (Phi) is 4.35. The van der Waals surface area contributed by atoms with E-state index in [-0.39, 0.29) is 11.9 Å². The van der Waals surface area contributed by atoms with Crippen molar-refractivity contribution in [1.29, 1.82) is 0 Å². The first-order valence-corrected chi connectivity index (χ1v) is 6.53. The maximum absolute atomic E-state index is 12.9. The number of pyridine rings is 1. The van der Waals surface area contributed by atoms with Crippen molar-refractivity contribution in [2.45, 2.75) is 26.3 Å². The number of halogens is 1. The number of hydrogen-bond donors (Lipinski definition) is 1. The van der Waals surface area contributed by atoms with Crippen molar-refractivity contribution in [1.82, 2.24) is 4.98 Å². The van der Waals surface area contributed by atoms with E-state index >= 15 is 0 Å². The molecule has 106 valence electrons. The van der Waals surface area contributed by atoms with E-state index < -0.39 is 0 Å². The first-order valence-electron chi connectivity index (χ1n) is 6.53. The average Bonchev–Trinajstić information content (AvgIpc) is 2.43. The Morgan fingerprint density at radius 2 is 1.90 bits per heavy atom. The van der Waals surface area contributed by atoms with Crippen molar-refractivity contribution < 1.29 is 9.13 Å². The predicted octanol–water partition coefficient (Wildman–Crippen LogP) is 3.09. The second-order valence-corrected chi connectivity index (χ2v) is 4.91. The molecule has 4 heteroatoms. The van der Waals surface area contributed by atoms with E-state index in [1.165, 1.54) is 12.1 Å². The van der Waals surface area contributed by atoms with Gasteiger partial charge in [-0.3, -0.25) is 4.98 Å². The molecule has 0 saturated heterocycles. The number of nitrogens with two attached hydrogens (primary N) is 1. The van der Waals surface area contributed by atoms with Crippen molar-refractivity contribution >= 4 is 0 Å². The molecule has 0 amide bonds. The zero-order valence-electron chi connectivity index (χ0n) is 12.0. The first kappa shape index (κ1) is 14.5. The van der Waals surface area contributed by atoms with Gasteiger partial charge in [0.1, 0.15) is 11.6 Å². The fourth-order valence-electron chi connectivity index (χ4n) is 2.31. The topological polar surface area (TPSA) is 48.1 Å². The van der Waals surface area contributed by atoms with Gasteiger partial charge in [-0.1, -0.05) is 12.1 Å². The van der Waals surface area contributed by atoms with Crippen LogP contribution in [0.15, 0.2) is 30.5 Å². The minimum Gasteiger partial charge on any atom is -0.496 e. The summed E-state index contributed by atoms with van der Waals surface area (Å²) in [5, 5.41) is 0. The van der Waals surface area contributed by atoms with Crippen molar-refractivity contribution in [3.63, 3.8) is 0 Å². The van der Waals surface area contributed by atoms with Crippen molar-refractivity contribution in [3.05, 3.63) is 58.7 Å². The molecule has 0 aliphatic rings. The SMILES string of the molecule is COc1c(C)cnc(CC(N)c2ccc(F)cc2)c1C. The maximum Gasteiger partial charge on any atom is 0.128 e. The van der Waals surface area contributed by atoms with Crippen molar-refractivity contribution in [2.75, 3.05) is 7.11 Å². The summed E-state index contributed by atoms with van der Waals surface area (Å²) in [6.45, 7) is 3.94. The molecule has 2 rings (SSSR count). The molecule has 0 radical (unpaired) electrons. The summed E-state index contributed by atoms with van der Waals surface area (Å²) in [5.41, 5.74) is 9.98. The minimum absolute atomic E-state index is 0.214. The molecule has 0 aliphatic carbocycles. The molecular formula is C16H19FN2O. The molecule has 1 aromatic carbocycles. The van der Waals surface area contributed by atoms with Crippen LogP contribution in [-0.4, -0.2) is 12.1 Å². The van der Waals surface area contributed by atoms with Gasteiger partial charge >= 0.3 is 0 Å². The lowest BCUT2D eigenvalue weighted by Gasteiger charge is -2.16. The van der Waals surface area contributed by atoms with Crippen LogP contribution in [-0.2, 0) is 6.42 Å². The number of rotatable bonds is 4. The van der Waals surface area contributed by atoms with Crippen LogP contribution < -0.4 is 10.5 Å². The normalized spacial score (nSPS) is 12.2. The minimum atomic E-state index is -0.257. The van der Waals surface area contributed by atoms with E-state index in [0.29, 0.717) is 6.42 Å². The van der Waals surface area contributed by atoms with E-state index in [9.17, 15) is 4.39 Å². The Morgan fingerprint density at radius 1 is 1.25 bits per heavy atom. The van der Waals surface area contributed by atoms with Crippen LogP contribution in [0.1, 0.15) is 28.4 Å². The third kappa shape index (κ3) is 2.96. The third-order valence-corrected chi connectivity index (χ3v) is 3.46. The van der Waals surface area contributed by atoms with Gasteiger partial charge in [-0.25, -0.2) is 4.39 Å². The number of benzene rings is 1. The second-order valence-electron chi connectivity index (χ2n) is 4.91. The molecular weight excluding hydrogens is 255 g/mol. The van der Waals surface area contributed by atoms with Crippen molar-refractivity contribution in [3.8, 4) is 5.75 Å². The third-order valence-electron chi connectivity index (χ3n) is 3.46. The molecule has 2 N–H and O–H groups in total. The summed E-state index contributed by atoms with van der Waals surface area (Å²) >= 11 is 0. The van der Waals surface area contributed by atoms with Gasteiger partial charge in [0.05, 0.1) is 7.11 Å². The molecule has 0 bridgehead atoms. The van der Waals surface area contributed by atoms with Crippen LogP contribution in [0.2, 0.25) is 0 Å². The number of nitrogens with zero attached hydrogens (tertiary/aromatic N) is 1. The lowest BCUT2D eigenvalue weighted by Crippen LogP contribution is -2.15. The van der Waals surface area contributed by atoms with Gasteiger partial charge in [0, 0.05) is 35.5 Å². The Hall–Kier alpha value is -1.94. The summed E-state index contributed by atoms with van der Waals surface area (Å²) in [4.78, 5) is 4.44. The highest BCUT2D eigenvalue weighted by Crippen LogP contribution is 2.26. The largest absolute Gasteiger partial charge is 0.496 e. The summed E-state index contributed by atoms with van der Waals surface area (Å²) < 4.78 is 18.3. The number of aryl methyl sites for hydroxylation is 1. The quantitative estimate of drug-likeness (QED) is 0.932. The Morgan fingerprint density at radius 3 is 2.50 bits per heavy atom. The van der Waals surface area contributed by atoms with Crippen LogP contribution in [0.4, 0.5) is 4.39 Å². The molecule has 2 aromatic rings. The van der Waals surface area contributed by atoms with Crippen LogP contribution in [0.3, 0.4) is 0 Å². The zero-order chi connectivity index (χ0) is 14.7. The van der Waals surface area contributed by atoms with E-state index in [2.05, 4.69) is 4.98 Å². The van der Waals surface area contributed by atoms with Crippen molar-refractivity contribution in [2.24, 2.45) is 5.73 Å². The molecule has 1 heterocycles. The maximum atomic E-state index is 12.9. The van der Waals surface area contributed by atoms with Gasteiger partial charge in [-0.15, -0.1) is 0 Å². The molecule has 1 unspecified atom stereocenters. The zero-order valence-corrected chi connectivity index (χ0v) is 12.0. The molecule has 1 aromatic heterocycles. The van der Waals surface area contributed by atoms with E-state index in [1.807, 2.05) is 13.8 Å². The highest BCUT2D eigenvalue weighted by molar-refractivity contribution is 5.41. The fourth-order valence-corrected chi connectivity index (χ4v) is 2.31. The van der Waals surface area contributed by atoms with Gasteiger partial charge in [0.2, 0.25) is 0 Å². The molecule has 20 heavy (non-hydrogen) atoms. The molecule has 0 spiro atoms. The summed E-state index contributed by atoms with van der Waals surface area (Å²) in [7, 11) is 1.65. The van der Waals surface area contributed by atoms with Crippen LogP contribution in [0.25, 0.3) is 0 Å². The second kappa shape index (κ2) is 6.01. The van der Waals surface area contributed by atoms with E-state index in [4.69, 9.17) is 10.5 Å². The highest BCUT2D eigenvalue weighted by Gasteiger charge is 2.14. The van der Waals surface area contributed by atoms with Crippen LogP contribution in [0, 0.1) is 19.7 Å². The average molecular weight is 274 g/mol. The van der Waals surface area contributed by atoms with Crippen LogP contribution >= 0.6 is 0 Å². The van der Waals surface area contributed by atoms with E-state index in [0.717, 1.165) is 28.1 Å². The first-order chi connectivity index (χ1) is 9.52. The van der Waals surface area contributed by atoms with Gasteiger partial charge in [-0.05, 0) is 31.5 Å². The van der Waals surface area contributed by atoms with Gasteiger partial charge < -0.3 is 10.5 Å². The molecule has 3 nitrogen and oxygen atoms in total. The van der Waals surface area contributed by atoms with E-state index in [1.54, 1.807) is 25.4 Å². The summed E-state index contributed by atoms with van der Waals surface area (Å²) in [6.07, 6.45) is 2.38. The van der Waals surface area contributed by atoms with Gasteiger partial charge in [-0.2, -0.15) is 0 Å². The Balaban J connectivity index is 2.23. The molecule has 1 atom stereocenters. The number of ether oxygens (including phenoxy) is 1. The number of hydrogen-bond acceptors (Lipinski definition) is 3. The number of methoxy groups -OCH3 is 1. The van der Waals surface area contributed by atoms with Gasteiger partial charge in [0.25, 0.3) is 0 Å². The smallest absolute Gasteiger partial charge is 0.128 e. The van der Waals surface area contributed by atoms with Crippen LogP contribution in [0.5, 0.6) is 5.75 Å². The molecule has 0 aliphatic heterocycles. The monoisotopic (exact) mass is 274 g/mol. The summed E-state index contributed by atoms with van der Waals surface area (Å²) in [5.74, 6) is 0.591. The standard InChI is InChI=1S/C16H19FN2O/c1-10-9-19-15(11(2)16(10)20-3)8-14(18)12-4-6-13(17)7-5-12/h4-7,9,14H,8,18H2,1-3H3. The Labute approximate surface area is 118 Å². The number of aromatic nitrogens is 1. The summed E-state index contributed by atoms with van der Waals surface area (Å²) in [6, 6.07) is 6.05. The Bertz CT molecular complexity index is 596. The highest BCUT2D eigenvalue weighted by atomic mass is 19.1. The van der Waals surface area contributed by atoms with Gasteiger partial charge in [0.15, 0.2) is 0 Å². The lowest BCUT2D eigenvalue weighted by atomic mass is 9.99. The lowest BCUT2D eigenvalue weighted by molar-refractivity contribution is 0.406. The molecule has 0 fully saturated rings. The molecule has 0 saturated carbocycles. The predicted molar refractivity (Wildman–Crippen MR) is 77.3 cm³/mol.